The predicted molar refractivity (Wildman–Crippen MR) is 163 cm³/mol. The summed E-state index contributed by atoms with van der Waals surface area (Å²) in [5.41, 5.74) is 6.70. The number of nitrogens with one attached hydrogen (secondary N) is 3. The Hall–Kier alpha value is -3.01. The highest BCUT2D eigenvalue weighted by Crippen LogP contribution is 2.54. The molecular formula is C32H50F4N4O2. The molecule has 42 heavy (non-hydrogen) atoms. The van der Waals surface area contributed by atoms with Crippen LogP contribution in [-0.4, -0.2) is 30.1 Å². The van der Waals surface area contributed by atoms with Crippen molar-refractivity contribution in [2.24, 2.45) is 11.1 Å². The van der Waals surface area contributed by atoms with Gasteiger partial charge in [0, 0.05) is 30.9 Å². The van der Waals surface area contributed by atoms with Crippen molar-refractivity contribution >= 4 is 5.91 Å². The first-order valence-electron chi connectivity index (χ1n) is 15.0. The highest BCUT2D eigenvalue weighted by molar-refractivity contribution is 5.96. The molecule has 1 heterocycles. The number of rotatable bonds is 12. The number of aliphatic hydroxyl groups is 1. The molecule has 1 aromatic rings. The molecule has 2 aliphatic rings. The Morgan fingerprint density at radius 1 is 1.19 bits per heavy atom. The number of alkyl halides is 3. The number of hydrogen-bond donors (Lipinski definition) is 5. The maximum absolute atomic E-state index is 13.9. The Morgan fingerprint density at radius 3 is 2.29 bits per heavy atom. The van der Waals surface area contributed by atoms with Crippen molar-refractivity contribution in [1.29, 1.82) is 0 Å². The third kappa shape index (κ3) is 9.78. The number of hydrogen-bond acceptors (Lipinski definition) is 5. The molecule has 1 fully saturated rings. The minimum Gasteiger partial charge on any atom is -0.510 e. The topological polar surface area (TPSA) is 99.4 Å². The third-order valence-corrected chi connectivity index (χ3v) is 7.61. The zero-order valence-electron chi connectivity index (χ0n) is 26.1. The van der Waals surface area contributed by atoms with E-state index in [4.69, 9.17) is 5.73 Å². The zero-order chi connectivity index (χ0) is 32.3. The zero-order valence-corrected chi connectivity index (χ0v) is 26.1. The molecule has 3 rings (SSSR count). The summed E-state index contributed by atoms with van der Waals surface area (Å²) in [5, 5.41) is 17.9. The number of dihydropyridines is 1. The lowest BCUT2D eigenvalue weighted by atomic mass is 9.79. The molecule has 6 nitrogen and oxygen atoms in total. The van der Waals surface area contributed by atoms with Crippen LogP contribution in [0.4, 0.5) is 17.6 Å². The highest BCUT2D eigenvalue weighted by Gasteiger charge is 2.42. The van der Waals surface area contributed by atoms with Gasteiger partial charge in [-0.15, -0.1) is 0 Å². The van der Waals surface area contributed by atoms with E-state index < -0.39 is 35.7 Å². The molecule has 1 aromatic carbocycles. The average Bonchev–Trinajstić information content (AvgIpc) is 3.73. The van der Waals surface area contributed by atoms with E-state index in [1.165, 1.54) is 13.1 Å². The molecule has 3 unspecified atom stereocenters. The van der Waals surface area contributed by atoms with Gasteiger partial charge in [0.1, 0.15) is 11.8 Å². The molecule has 1 aliphatic carbocycles. The molecule has 10 heteroatoms. The van der Waals surface area contributed by atoms with E-state index in [2.05, 4.69) is 29.5 Å². The van der Waals surface area contributed by atoms with Gasteiger partial charge in [0.05, 0.1) is 5.56 Å². The summed E-state index contributed by atoms with van der Waals surface area (Å²) in [4.78, 5) is 12.9. The normalized spacial score (nSPS) is 18.3. The number of nitrogens with two attached hydrogens (primary N) is 1. The molecule has 238 valence electrons. The summed E-state index contributed by atoms with van der Waals surface area (Å²) in [5.74, 6) is -2.04. The summed E-state index contributed by atoms with van der Waals surface area (Å²) in [6.45, 7) is 15.3. The molecule has 0 saturated heterocycles. The smallest absolute Gasteiger partial charge is 0.416 e. The molecule has 3 atom stereocenters. The lowest BCUT2D eigenvalue weighted by Gasteiger charge is -2.30. The largest absolute Gasteiger partial charge is 0.510 e. The molecule has 1 saturated carbocycles. The Labute approximate surface area is 248 Å². The number of allylic oxidation sites excluding steroid dienone is 2. The highest BCUT2D eigenvalue weighted by atomic mass is 19.4. The first-order chi connectivity index (χ1) is 19.8. The fourth-order valence-corrected chi connectivity index (χ4v) is 5.39. The summed E-state index contributed by atoms with van der Waals surface area (Å²) in [6, 6.07) is 0.507. The lowest BCUT2D eigenvalue weighted by Crippen LogP contribution is -2.39. The fraction of sp³-hybridized carbons (Fsp3) is 0.594. The maximum Gasteiger partial charge on any atom is 0.416 e. The predicted octanol–water partition coefficient (Wildman–Crippen LogP) is 7.74. The van der Waals surface area contributed by atoms with Crippen LogP contribution >= 0.6 is 0 Å². The number of aliphatic hydroxyl groups excluding tert-OH is 1. The van der Waals surface area contributed by atoms with Crippen molar-refractivity contribution in [2.75, 3.05) is 7.05 Å². The van der Waals surface area contributed by atoms with Gasteiger partial charge in [-0.2, -0.15) is 17.6 Å². The number of carbonyl (C=O) groups is 1. The van der Waals surface area contributed by atoms with Crippen molar-refractivity contribution in [3.05, 3.63) is 70.5 Å². The van der Waals surface area contributed by atoms with E-state index in [1.807, 2.05) is 27.7 Å². The number of carbonyl (C=O) groups excluding carboxylic acids is 1. The minimum absolute atomic E-state index is 0.0634. The van der Waals surface area contributed by atoms with E-state index >= 15 is 0 Å². The van der Waals surface area contributed by atoms with Gasteiger partial charge >= 0.3 is 6.18 Å². The van der Waals surface area contributed by atoms with Crippen LogP contribution in [-0.2, 0) is 12.7 Å². The van der Waals surface area contributed by atoms with Gasteiger partial charge in [0.15, 0.2) is 5.95 Å². The van der Waals surface area contributed by atoms with Crippen molar-refractivity contribution < 1.29 is 27.5 Å². The van der Waals surface area contributed by atoms with Crippen LogP contribution in [0.1, 0.15) is 113 Å². The van der Waals surface area contributed by atoms with Crippen molar-refractivity contribution in [3.63, 3.8) is 0 Å². The summed E-state index contributed by atoms with van der Waals surface area (Å²) < 4.78 is 55.5. The second kappa shape index (κ2) is 16.6. The number of halogens is 4. The second-order valence-corrected chi connectivity index (χ2v) is 10.5. The van der Waals surface area contributed by atoms with Gasteiger partial charge in [-0.3, -0.25) is 4.79 Å². The van der Waals surface area contributed by atoms with Gasteiger partial charge in [-0.05, 0) is 85.8 Å². The number of benzene rings is 1. The Kier molecular flexibility index (Phi) is 14.6. The third-order valence-electron chi connectivity index (χ3n) is 7.61. The molecule has 0 spiro atoms. The quantitative estimate of drug-likeness (QED) is 0.0963. The van der Waals surface area contributed by atoms with Gasteiger partial charge in [-0.25, -0.2) is 0 Å². The maximum atomic E-state index is 13.9. The molecular weight excluding hydrogens is 548 g/mol. The van der Waals surface area contributed by atoms with Crippen LogP contribution in [0.15, 0.2) is 48.3 Å². The Morgan fingerprint density at radius 2 is 1.81 bits per heavy atom. The van der Waals surface area contributed by atoms with Crippen LogP contribution in [0.25, 0.3) is 0 Å². The number of amides is 1. The van der Waals surface area contributed by atoms with Crippen molar-refractivity contribution in [3.8, 4) is 0 Å². The molecule has 1 amide bonds. The van der Waals surface area contributed by atoms with E-state index in [9.17, 15) is 27.5 Å². The van der Waals surface area contributed by atoms with Gasteiger partial charge in [0.2, 0.25) is 0 Å². The SMILES string of the molecule is C=C(O)C1NC(F)=CC=C1NCc1cc(C(F)(F)F)cc(C(=O)NC)c1C(CCC1(CCC)CC1)C(C)N.CC.CC. The summed E-state index contributed by atoms with van der Waals surface area (Å²) >= 11 is 0. The lowest BCUT2D eigenvalue weighted by molar-refractivity contribution is -0.137. The molecule has 1 aliphatic heterocycles. The fourth-order valence-electron chi connectivity index (χ4n) is 5.39. The van der Waals surface area contributed by atoms with E-state index in [1.54, 1.807) is 6.92 Å². The summed E-state index contributed by atoms with van der Waals surface area (Å²) in [7, 11) is 1.38. The van der Waals surface area contributed by atoms with Crippen LogP contribution in [0.2, 0.25) is 0 Å². The standard InChI is InChI=1S/C28H38F4N4O2.2C2H6/c1-5-9-27(11-12-27)10-8-20(16(2)33)24-18(13-19(28(30,31)32)14-21(24)26(38)34-4)15-35-22-6-7-23(29)36-25(22)17(3)37;2*1-2/h6-7,13-14,16,20,25,35-37H,3,5,8-12,15,33H2,1-2,4H3,(H,34,38);2*1-2H3. The van der Waals surface area contributed by atoms with E-state index in [0.717, 1.165) is 50.3 Å². The first kappa shape index (κ1) is 37.0. The Balaban J connectivity index is 0.00000211. The van der Waals surface area contributed by atoms with Crippen LogP contribution in [0, 0.1) is 5.41 Å². The van der Waals surface area contributed by atoms with Crippen LogP contribution in [0.3, 0.4) is 0 Å². The Bertz CT molecular complexity index is 1110. The molecule has 0 bridgehead atoms. The summed E-state index contributed by atoms with van der Waals surface area (Å²) in [6.07, 6.45) is 3.72. The van der Waals surface area contributed by atoms with Gasteiger partial charge in [-0.1, -0.05) is 47.6 Å². The van der Waals surface area contributed by atoms with Gasteiger partial charge in [0.25, 0.3) is 5.91 Å². The van der Waals surface area contributed by atoms with Gasteiger partial charge < -0.3 is 26.8 Å². The monoisotopic (exact) mass is 598 g/mol. The van der Waals surface area contributed by atoms with Crippen molar-refractivity contribution in [1.82, 2.24) is 16.0 Å². The molecule has 6 N–H and O–H groups in total. The molecule has 0 radical (unpaired) electrons. The minimum atomic E-state index is -4.68. The van der Waals surface area contributed by atoms with Crippen molar-refractivity contribution in [2.45, 2.75) is 111 Å². The van der Waals surface area contributed by atoms with E-state index in [0.29, 0.717) is 17.7 Å². The second-order valence-electron chi connectivity index (χ2n) is 10.5. The average molecular weight is 599 g/mol. The van der Waals surface area contributed by atoms with Crippen LogP contribution in [0.5, 0.6) is 0 Å². The molecule has 0 aromatic heterocycles. The van der Waals surface area contributed by atoms with E-state index in [-0.39, 0.29) is 34.8 Å². The first-order valence-corrected chi connectivity index (χ1v) is 15.0. The van der Waals surface area contributed by atoms with Crippen LogP contribution < -0.4 is 21.7 Å².